The molecular weight excluding hydrogens is 440 g/mol. The van der Waals surface area contributed by atoms with Crippen LogP contribution in [0.5, 0.6) is 0 Å². The van der Waals surface area contributed by atoms with Gasteiger partial charge >= 0.3 is 0 Å². The topological polar surface area (TPSA) is 101 Å². The van der Waals surface area contributed by atoms with E-state index in [1.54, 1.807) is 42.5 Å². The summed E-state index contributed by atoms with van der Waals surface area (Å²) in [5.41, 5.74) is 3.13. The summed E-state index contributed by atoms with van der Waals surface area (Å²) < 4.78 is 1.53. The Morgan fingerprint density at radius 3 is 2.52 bits per heavy atom. The number of rotatable bonds is 8. The maximum absolute atomic E-state index is 12.7. The minimum atomic E-state index is -0.307. The van der Waals surface area contributed by atoms with Gasteiger partial charge in [0, 0.05) is 17.3 Å². The van der Waals surface area contributed by atoms with E-state index in [4.69, 9.17) is 11.6 Å². The summed E-state index contributed by atoms with van der Waals surface area (Å²) in [6.07, 6.45) is 2.93. The fraction of sp³-hybridized carbons (Fsp3) is 0.0833. The van der Waals surface area contributed by atoms with Crippen LogP contribution in [0.15, 0.2) is 85.5 Å². The monoisotopic (exact) mass is 460 g/mol. The normalized spacial score (nSPS) is 10.5. The molecule has 0 spiro atoms. The first-order chi connectivity index (χ1) is 16.1. The average Bonchev–Trinajstić information content (AvgIpc) is 3.37. The molecule has 0 fully saturated rings. The Morgan fingerprint density at radius 1 is 0.939 bits per heavy atom. The van der Waals surface area contributed by atoms with E-state index in [2.05, 4.69) is 26.0 Å². The molecule has 0 aliphatic heterocycles. The molecule has 3 N–H and O–H groups in total. The van der Waals surface area contributed by atoms with E-state index in [1.165, 1.54) is 17.3 Å². The molecule has 4 rings (SSSR count). The van der Waals surface area contributed by atoms with Crippen LogP contribution in [-0.2, 0) is 11.3 Å². The zero-order valence-electron chi connectivity index (χ0n) is 17.5. The molecule has 0 saturated heterocycles. The van der Waals surface area contributed by atoms with Gasteiger partial charge in [0.1, 0.15) is 12.7 Å². The summed E-state index contributed by atoms with van der Waals surface area (Å²) in [4.78, 5) is 29.3. The van der Waals surface area contributed by atoms with Crippen molar-refractivity contribution in [3.05, 3.63) is 102 Å². The Kier molecular flexibility index (Phi) is 6.96. The highest BCUT2D eigenvalue weighted by atomic mass is 35.5. The first-order valence-electron chi connectivity index (χ1n) is 10.2. The third-order valence-electron chi connectivity index (χ3n) is 4.81. The lowest BCUT2D eigenvalue weighted by molar-refractivity contribution is -0.114. The number of nitrogens with zero attached hydrogens (tertiary/aromatic N) is 3. The maximum atomic E-state index is 12.7. The summed E-state index contributed by atoms with van der Waals surface area (Å²) in [7, 11) is 0. The van der Waals surface area contributed by atoms with E-state index < -0.39 is 0 Å². The number of aromatic nitrogens is 3. The van der Waals surface area contributed by atoms with E-state index in [-0.39, 0.29) is 18.4 Å². The van der Waals surface area contributed by atoms with Crippen molar-refractivity contribution in [2.75, 3.05) is 17.2 Å². The Balaban J connectivity index is 1.40. The molecule has 9 heteroatoms. The number of hydrogen-bond acceptors (Lipinski definition) is 5. The van der Waals surface area contributed by atoms with Gasteiger partial charge in [-0.15, -0.1) is 0 Å². The molecule has 8 nitrogen and oxygen atoms in total. The van der Waals surface area contributed by atoms with Crippen molar-refractivity contribution >= 4 is 34.8 Å². The largest absolute Gasteiger partial charge is 0.376 e. The number of carbonyl (C=O) groups is 2. The number of anilines is 2. The fourth-order valence-electron chi connectivity index (χ4n) is 3.22. The lowest BCUT2D eigenvalue weighted by atomic mass is 10.1. The van der Waals surface area contributed by atoms with Crippen LogP contribution in [0.25, 0.3) is 5.69 Å². The molecule has 1 aromatic heterocycles. The minimum absolute atomic E-state index is 0.0493. The van der Waals surface area contributed by atoms with E-state index in [9.17, 15) is 9.59 Å². The second-order valence-corrected chi connectivity index (χ2v) is 7.55. The lowest BCUT2D eigenvalue weighted by Gasteiger charge is -2.14. The van der Waals surface area contributed by atoms with Crippen molar-refractivity contribution in [1.82, 2.24) is 20.1 Å². The van der Waals surface area contributed by atoms with Crippen LogP contribution in [0.2, 0.25) is 5.02 Å². The molecule has 3 aromatic carbocycles. The number of benzene rings is 3. The molecule has 1 heterocycles. The summed E-state index contributed by atoms with van der Waals surface area (Å²) in [6.45, 7) is 0.362. The molecule has 0 bridgehead atoms. The van der Waals surface area contributed by atoms with Gasteiger partial charge in [-0.1, -0.05) is 54.1 Å². The van der Waals surface area contributed by atoms with E-state index in [0.29, 0.717) is 34.2 Å². The third kappa shape index (κ3) is 5.75. The molecule has 0 aliphatic carbocycles. The van der Waals surface area contributed by atoms with E-state index in [0.717, 1.165) is 5.56 Å². The predicted molar refractivity (Wildman–Crippen MR) is 128 cm³/mol. The summed E-state index contributed by atoms with van der Waals surface area (Å²) >= 11 is 6.11. The van der Waals surface area contributed by atoms with Gasteiger partial charge in [0.25, 0.3) is 5.91 Å². The van der Waals surface area contributed by atoms with Gasteiger partial charge in [0.15, 0.2) is 0 Å². The van der Waals surface area contributed by atoms with Crippen LogP contribution in [0.3, 0.4) is 0 Å². The van der Waals surface area contributed by atoms with E-state index in [1.807, 2.05) is 30.3 Å². The average molecular weight is 461 g/mol. The quantitative estimate of drug-likeness (QED) is 0.370. The molecule has 0 saturated carbocycles. The predicted octanol–water partition coefficient (Wildman–Crippen LogP) is 3.90. The van der Waals surface area contributed by atoms with Crippen molar-refractivity contribution in [2.24, 2.45) is 0 Å². The number of carbonyl (C=O) groups excluding carboxylic acids is 2. The van der Waals surface area contributed by atoms with Crippen molar-refractivity contribution in [1.29, 1.82) is 0 Å². The minimum Gasteiger partial charge on any atom is -0.376 e. The van der Waals surface area contributed by atoms with Gasteiger partial charge < -0.3 is 16.0 Å². The molecule has 2 amide bonds. The van der Waals surface area contributed by atoms with Gasteiger partial charge in [-0.05, 0) is 35.9 Å². The Labute approximate surface area is 195 Å². The first-order valence-corrected chi connectivity index (χ1v) is 10.6. The number of hydrogen-bond donors (Lipinski definition) is 3. The molecule has 0 atom stereocenters. The number of amides is 2. The lowest BCUT2D eigenvalue weighted by Crippen LogP contribution is -2.26. The number of nitrogens with one attached hydrogen (secondary N) is 3. The second kappa shape index (κ2) is 10.4. The van der Waals surface area contributed by atoms with Gasteiger partial charge in [-0.2, -0.15) is 5.10 Å². The van der Waals surface area contributed by atoms with Crippen LogP contribution >= 0.6 is 11.6 Å². The fourth-order valence-corrected chi connectivity index (χ4v) is 3.39. The molecule has 0 aliphatic rings. The summed E-state index contributed by atoms with van der Waals surface area (Å²) in [5.74, 6) is -0.538. The van der Waals surface area contributed by atoms with Gasteiger partial charge in [-0.25, -0.2) is 9.67 Å². The number of para-hydroxylation sites is 1. The Bertz CT molecular complexity index is 1250. The first kappa shape index (κ1) is 22.0. The molecular formula is C24H21ClN6O2. The third-order valence-corrected chi connectivity index (χ3v) is 5.04. The zero-order chi connectivity index (χ0) is 23.0. The van der Waals surface area contributed by atoms with Crippen LogP contribution in [-0.4, -0.2) is 33.1 Å². The highest BCUT2D eigenvalue weighted by Gasteiger charge is 2.13. The molecule has 4 aromatic rings. The van der Waals surface area contributed by atoms with Crippen LogP contribution in [0.4, 0.5) is 11.4 Å². The highest BCUT2D eigenvalue weighted by Crippen LogP contribution is 2.24. The second-order valence-electron chi connectivity index (χ2n) is 7.12. The van der Waals surface area contributed by atoms with Gasteiger partial charge in [0.2, 0.25) is 5.91 Å². The number of halogens is 1. The maximum Gasteiger partial charge on any atom is 0.253 e. The Hall–Kier alpha value is -4.17. The highest BCUT2D eigenvalue weighted by molar-refractivity contribution is 6.31. The van der Waals surface area contributed by atoms with Gasteiger partial charge in [-0.3, -0.25) is 9.59 Å². The smallest absolute Gasteiger partial charge is 0.253 e. The molecule has 0 radical (unpaired) electrons. The molecule has 166 valence electrons. The van der Waals surface area contributed by atoms with Crippen molar-refractivity contribution in [3.8, 4) is 5.69 Å². The SMILES string of the molecule is O=C(CNc1ccccc1C(=O)NCc1ccccc1)Nc1cc(Cl)ccc1-n1cncn1. The van der Waals surface area contributed by atoms with Crippen LogP contribution in [0, 0.1) is 0 Å². The van der Waals surface area contributed by atoms with Crippen LogP contribution < -0.4 is 16.0 Å². The summed E-state index contributed by atoms with van der Waals surface area (Å²) in [6, 6.07) is 21.8. The van der Waals surface area contributed by atoms with Crippen LogP contribution in [0.1, 0.15) is 15.9 Å². The van der Waals surface area contributed by atoms with Gasteiger partial charge in [0.05, 0.1) is 23.5 Å². The standard InChI is InChI=1S/C24H21ClN6O2/c25-18-10-11-22(31-16-26-15-29-31)21(12-18)30-23(32)14-27-20-9-5-4-8-19(20)24(33)28-13-17-6-2-1-3-7-17/h1-12,15-16,27H,13-14H2,(H,28,33)(H,30,32). The van der Waals surface area contributed by atoms with Crippen molar-refractivity contribution in [3.63, 3.8) is 0 Å². The van der Waals surface area contributed by atoms with Crippen molar-refractivity contribution in [2.45, 2.75) is 6.54 Å². The summed E-state index contributed by atoms with van der Waals surface area (Å²) in [5, 5.41) is 13.3. The van der Waals surface area contributed by atoms with Crippen molar-refractivity contribution < 1.29 is 9.59 Å². The molecule has 0 unspecified atom stereocenters. The molecule has 33 heavy (non-hydrogen) atoms. The van der Waals surface area contributed by atoms with E-state index >= 15 is 0 Å². The Morgan fingerprint density at radius 2 is 1.73 bits per heavy atom. The zero-order valence-corrected chi connectivity index (χ0v) is 18.3.